The fourth-order valence-corrected chi connectivity index (χ4v) is 4.10. The van der Waals surface area contributed by atoms with Gasteiger partial charge >= 0.3 is 0 Å². The molecule has 1 N–H and O–H groups in total. The number of nitrogens with one attached hydrogen (secondary N) is 1. The zero-order valence-corrected chi connectivity index (χ0v) is 15.9. The van der Waals surface area contributed by atoms with Gasteiger partial charge in [-0.05, 0) is 43.5 Å². The Labute approximate surface area is 163 Å². The molecule has 1 amide bonds. The first-order valence-electron chi connectivity index (χ1n) is 9.82. The molecule has 6 heteroatoms. The lowest BCUT2D eigenvalue weighted by Crippen LogP contribution is -2.41. The van der Waals surface area contributed by atoms with Crippen molar-refractivity contribution in [1.29, 1.82) is 0 Å². The van der Waals surface area contributed by atoms with Crippen LogP contribution in [0.5, 0.6) is 0 Å². The normalized spacial score (nSPS) is 17.5. The lowest BCUT2D eigenvalue weighted by atomic mass is 9.97. The minimum Gasteiger partial charge on any atom is -0.342 e. The highest BCUT2D eigenvalue weighted by atomic mass is 16.2. The average Bonchev–Trinajstić information content (AvgIpc) is 3.31. The number of piperidine rings is 1. The van der Waals surface area contributed by atoms with Crippen LogP contribution in [0.25, 0.3) is 21.9 Å². The number of H-pyrrole nitrogens is 1. The fraction of sp³-hybridized carbons (Fsp3) is 0.318. The van der Waals surface area contributed by atoms with Gasteiger partial charge in [-0.2, -0.15) is 5.10 Å². The van der Waals surface area contributed by atoms with Crippen LogP contribution < -0.4 is 0 Å². The number of hydrogen-bond acceptors (Lipinski definition) is 3. The van der Waals surface area contributed by atoms with Crippen molar-refractivity contribution >= 4 is 27.8 Å². The van der Waals surface area contributed by atoms with Crippen molar-refractivity contribution in [2.24, 2.45) is 0 Å². The highest BCUT2D eigenvalue weighted by Gasteiger charge is 2.27. The van der Waals surface area contributed by atoms with E-state index in [1.54, 1.807) is 4.68 Å². The Hall–Kier alpha value is -3.15. The molecule has 28 heavy (non-hydrogen) atoms. The first-order chi connectivity index (χ1) is 13.7. The summed E-state index contributed by atoms with van der Waals surface area (Å²) in [6, 6.07) is 14.2. The number of benzene rings is 2. The molecule has 1 unspecified atom stereocenters. The highest BCUT2D eigenvalue weighted by molar-refractivity contribution is 5.80. The molecule has 1 atom stereocenters. The van der Waals surface area contributed by atoms with Gasteiger partial charge in [-0.1, -0.05) is 24.3 Å². The van der Waals surface area contributed by atoms with Crippen molar-refractivity contribution < 1.29 is 4.79 Å². The van der Waals surface area contributed by atoms with Crippen LogP contribution in [0.4, 0.5) is 0 Å². The Morgan fingerprint density at radius 2 is 2.11 bits per heavy atom. The number of amides is 1. The second-order valence-electron chi connectivity index (χ2n) is 7.71. The van der Waals surface area contributed by atoms with E-state index in [1.165, 1.54) is 5.56 Å². The van der Waals surface area contributed by atoms with E-state index in [0.717, 1.165) is 47.1 Å². The van der Waals surface area contributed by atoms with Crippen molar-refractivity contribution in [2.45, 2.75) is 32.2 Å². The molecule has 1 aliphatic heterocycles. The predicted molar refractivity (Wildman–Crippen MR) is 109 cm³/mol. The summed E-state index contributed by atoms with van der Waals surface area (Å²) in [5, 5.41) is 5.57. The molecule has 2 aromatic heterocycles. The molecule has 0 radical (unpaired) electrons. The van der Waals surface area contributed by atoms with Crippen LogP contribution in [0.1, 0.15) is 30.1 Å². The van der Waals surface area contributed by atoms with Gasteiger partial charge in [0.15, 0.2) is 0 Å². The van der Waals surface area contributed by atoms with Gasteiger partial charge in [-0.3, -0.25) is 9.48 Å². The number of imidazole rings is 1. The van der Waals surface area contributed by atoms with Crippen LogP contribution in [-0.2, 0) is 11.3 Å². The molecule has 5 rings (SSSR count). The van der Waals surface area contributed by atoms with Gasteiger partial charge in [0, 0.05) is 30.6 Å². The maximum Gasteiger partial charge on any atom is 0.244 e. The summed E-state index contributed by atoms with van der Waals surface area (Å²) in [6.45, 7) is 3.87. The number of rotatable bonds is 3. The van der Waals surface area contributed by atoms with E-state index in [0.29, 0.717) is 6.54 Å². The van der Waals surface area contributed by atoms with Gasteiger partial charge in [0.25, 0.3) is 0 Å². The largest absolute Gasteiger partial charge is 0.342 e. The maximum absolute atomic E-state index is 12.9. The fourth-order valence-electron chi connectivity index (χ4n) is 4.10. The lowest BCUT2D eigenvalue weighted by molar-refractivity contribution is -0.133. The summed E-state index contributed by atoms with van der Waals surface area (Å²) in [5.41, 5.74) is 4.20. The molecule has 3 heterocycles. The van der Waals surface area contributed by atoms with Gasteiger partial charge in [-0.15, -0.1) is 0 Å². The first kappa shape index (κ1) is 17.0. The van der Waals surface area contributed by atoms with E-state index in [9.17, 15) is 4.79 Å². The minimum atomic E-state index is 0.115. The summed E-state index contributed by atoms with van der Waals surface area (Å²) in [7, 11) is 0. The smallest absolute Gasteiger partial charge is 0.244 e. The predicted octanol–water partition coefficient (Wildman–Crippen LogP) is 3.63. The molecule has 0 spiro atoms. The number of likely N-dealkylation sites (tertiary alicyclic amines) is 1. The number of carbonyl (C=O) groups is 1. The van der Waals surface area contributed by atoms with Crippen molar-refractivity contribution in [3.05, 3.63) is 60.0 Å². The van der Waals surface area contributed by atoms with E-state index in [-0.39, 0.29) is 18.4 Å². The molecule has 142 valence electrons. The number of aromatic nitrogens is 4. The molecule has 1 saturated heterocycles. The van der Waals surface area contributed by atoms with Gasteiger partial charge in [0.05, 0.1) is 16.6 Å². The van der Waals surface area contributed by atoms with E-state index in [2.05, 4.69) is 35.2 Å². The van der Waals surface area contributed by atoms with Crippen molar-refractivity contribution in [3.8, 4) is 0 Å². The standard InChI is InChI=1S/C22H23N5O/c1-15-8-9-19-20(11-15)24-22(23-19)17-6-4-10-26(12-17)21(28)14-27-13-16-5-2-3-7-18(16)25-27/h2-3,5,7-9,11,13,17H,4,6,10,12,14H2,1H3,(H,23,24). The lowest BCUT2D eigenvalue weighted by Gasteiger charge is -2.31. The second kappa shape index (κ2) is 6.78. The summed E-state index contributed by atoms with van der Waals surface area (Å²) in [5.74, 6) is 1.36. The van der Waals surface area contributed by atoms with Crippen LogP contribution in [0, 0.1) is 6.92 Å². The number of hydrogen-bond donors (Lipinski definition) is 1. The van der Waals surface area contributed by atoms with Gasteiger partial charge in [0.2, 0.25) is 5.91 Å². The third-order valence-corrected chi connectivity index (χ3v) is 5.57. The molecule has 6 nitrogen and oxygen atoms in total. The van der Waals surface area contributed by atoms with Gasteiger partial charge < -0.3 is 9.88 Å². The number of aryl methyl sites for hydroxylation is 1. The summed E-state index contributed by atoms with van der Waals surface area (Å²) in [6.07, 6.45) is 3.98. The van der Waals surface area contributed by atoms with E-state index >= 15 is 0 Å². The average molecular weight is 373 g/mol. The van der Waals surface area contributed by atoms with Crippen molar-refractivity contribution in [3.63, 3.8) is 0 Å². The van der Waals surface area contributed by atoms with E-state index in [4.69, 9.17) is 4.98 Å². The number of nitrogens with zero attached hydrogens (tertiary/aromatic N) is 4. The number of carbonyl (C=O) groups excluding carboxylic acids is 1. The number of aromatic amines is 1. The van der Waals surface area contributed by atoms with Gasteiger partial charge in [0.1, 0.15) is 12.4 Å². The molecule has 1 fully saturated rings. The zero-order chi connectivity index (χ0) is 19.1. The molecule has 4 aromatic rings. The molecule has 0 aliphatic carbocycles. The second-order valence-corrected chi connectivity index (χ2v) is 7.71. The molecular formula is C22H23N5O. The SMILES string of the molecule is Cc1ccc2nc(C3CCCN(C(=O)Cn4cc5ccccc5n4)C3)[nH]c2c1. The third kappa shape index (κ3) is 3.15. The Morgan fingerprint density at radius 3 is 3.00 bits per heavy atom. The van der Waals surface area contributed by atoms with Gasteiger partial charge in [-0.25, -0.2) is 4.98 Å². The monoisotopic (exact) mass is 373 g/mol. The highest BCUT2D eigenvalue weighted by Crippen LogP contribution is 2.27. The maximum atomic E-state index is 12.9. The van der Waals surface area contributed by atoms with Crippen LogP contribution in [0.15, 0.2) is 48.7 Å². The Bertz CT molecular complexity index is 1130. The minimum absolute atomic E-state index is 0.115. The van der Waals surface area contributed by atoms with E-state index in [1.807, 2.05) is 35.4 Å². The van der Waals surface area contributed by atoms with Crippen LogP contribution in [0.2, 0.25) is 0 Å². The molecular weight excluding hydrogens is 350 g/mol. The molecule has 0 bridgehead atoms. The van der Waals surface area contributed by atoms with E-state index < -0.39 is 0 Å². The topological polar surface area (TPSA) is 66.8 Å². The van der Waals surface area contributed by atoms with Crippen LogP contribution >= 0.6 is 0 Å². The molecule has 1 aliphatic rings. The summed E-state index contributed by atoms with van der Waals surface area (Å²) < 4.78 is 1.75. The first-order valence-corrected chi connectivity index (χ1v) is 9.82. The Kier molecular flexibility index (Phi) is 4.11. The summed E-state index contributed by atoms with van der Waals surface area (Å²) >= 11 is 0. The molecule has 2 aromatic carbocycles. The van der Waals surface area contributed by atoms with Crippen LogP contribution in [-0.4, -0.2) is 43.6 Å². The Balaban J connectivity index is 1.32. The van der Waals surface area contributed by atoms with Crippen LogP contribution in [0.3, 0.4) is 0 Å². The summed E-state index contributed by atoms with van der Waals surface area (Å²) in [4.78, 5) is 23.1. The quantitative estimate of drug-likeness (QED) is 0.596. The van der Waals surface area contributed by atoms with Crippen molar-refractivity contribution in [1.82, 2.24) is 24.6 Å². The molecule has 0 saturated carbocycles. The zero-order valence-electron chi connectivity index (χ0n) is 15.9. The third-order valence-electron chi connectivity index (χ3n) is 5.57. The Morgan fingerprint density at radius 1 is 1.21 bits per heavy atom. The van der Waals surface area contributed by atoms with Crippen molar-refractivity contribution in [2.75, 3.05) is 13.1 Å². The number of fused-ring (bicyclic) bond motifs is 2.